The van der Waals surface area contributed by atoms with Gasteiger partial charge in [0.25, 0.3) is 0 Å². The topological polar surface area (TPSA) is 108 Å². The van der Waals surface area contributed by atoms with E-state index in [-0.39, 0.29) is 23.2 Å². The van der Waals surface area contributed by atoms with Crippen LogP contribution in [0.4, 0.5) is 5.69 Å². The number of aromatic amines is 1. The fraction of sp³-hybridized carbons (Fsp3) is 0.0741. The van der Waals surface area contributed by atoms with Gasteiger partial charge in [-0.05, 0) is 23.8 Å². The second-order valence-corrected chi connectivity index (χ2v) is 8.82. The molecule has 3 aromatic carbocycles. The van der Waals surface area contributed by atoms with Gasteiger partial charge in [0.15, 0.2) is 0 Å². The maximum atomic E-state index is 14.5. The first-order chi connectivity index (χ1) is 17.1. The summed E-state index contributed by atoms with van der Waals surface area (Å²) in [6.07, 6.45) is 0. The molecule has 1 spiro atoms. The molecule has 1 atom stereocenters. The third-order valence-corrected chi connectivity index (χ3v) is 6.78. The Morgan fingerprint density at radius 1 is 1.06 bits per heavy atom. The van der Waals surface area contributed by atoms with Crippen molar-refractivity contribution in [2.24, 2.45) is 5.73 Å². The lowest BCUT2D eigenvalue weighted by Gasteiger charge is -2.32. The number of hydrogen-bond donors (Lipinski definition) is 2. The van der Waals surface area contributed by atoms with Crippen LogP contribution in [0.3, 0.4) is 0 Å². The second kappa shape index (κ2) is 7.76. The van der Waals surface area contributed by atoms with Crippen LogP contribution in [0.5, 0.6) is 5.88 Å². The Hall–Kier alpha value is -4.54. The maximum Gasteiger partial charge on any atom is 0.248 e. The highest BCUT2D eigenvalue weighted by Gasteiger charge is 2.61. The van der Waals surface area contributed by atoms with Crippen LogP contribution in [0.15, 0.2) is 90.3 Å². The first kappa shape index (κ1) is 21.0. The predicted octanol–water partition coefficient (Wildman–Crippen LogP) is 4.65. The van der Waals surface area contributed by atoms with Crippen molar-refractivity contribution < 1.29 is 9.53 Å². The number of carbonyl (C=O) groups excluding carboxylic acids is 1. The number of nitriles is 1. The van der Waals surface area contributed by atoms with Crippen molar-refractivity contribution in [3.8, 4) is 23.2 Å². The van der Waals surface area contributed by atoms with E-state index in [4.69, 9.17) is 22.1 Å². The summed E-state index contributed by atoms with van der Waals surface area (Å²) in [6.45, 7) is 0.294. The Morgan fingerprint density at radius 3 is 2.51 bits per heavy atom. The smallest absolute Gasteiger partial charge is 0.248 e. The number of nitrogens with two attached hydrogens (primary N) is 1. The quantitative estimate of drug-likeness (QED) is 0.444. The number of halogens is 1. The lowest BCUT2D eigenvalue weighted by molar-refractivity contribution is -0.121. The molecule has 0 saturated heterocycles. The number of ether oxygens (including phenoxy) is 1. The Kier molecular flexibility index (Phi) is 4.66. The fourth-order valence-electron chi connectivity index (χ4n) is 5.03. The van der Waals surface area contributed by atoms with E-state index in [1.54, 1.807) is 17.0 Å². The number of para-hydroxylation sites is 1. The molecule has 0 fully saturated rings. The minimum atomic E-state index is -1.51. The molecular weight excluding hydrogens is 462 g/mol. The number of amides is 1. The number of nitrogens with one attached hydrogen (secondary N) is 1. The van der Waals surface area contributed by atoms with Gasteiger partial charge in [-0.3, -0.25) is 9.89 Å². The van der Waals surface area contributed by atoms with E-state index in [9.17, 15) is 10.1 Å². The number of aromatic nitrogens is 2. The zero-order valence-corrected chi connectivity index (χ0v) is 19.1. The zero-order valence-electron chi connectivity index (χ0n) is 18.3. The van der Waals surface area contributed by atoms with E-state index < -0.39 is 5.41 Å². The normalized spacial score (nSPS) is 18.3. The third-order valence-electron chi connectivity index (χ3n) is 6.53. The SMILES string of the molecule is N#CC1=C(N)Oc2n[nH]c(-c3ccccc3)c2[C@@]12C(=O)N(Cc1ccc(Cl)cc1)c1ccccc12. The first-order valence-electron chi connectivity index (χ1n) is 10.9. The first-order valence-corrected chi connectivity index (χ1v) is 11.3. The van der Waals surface area contributed by atoms with Crippen LogP contribution in [0.1, 0.15) is 16.7 Å². The summed E-state index contributed by atoms with van der Waals surface area (Å²) in [6, 6.07) is 26.5. The van der Waals surface area contributed by atoms with Crippen LogP contribution in [0, 0.1) is 11.3 Å². The van der Waals surface area contributed by atoms with Crippen molar-refractivity contribution in [1.82, 2.24) is 10.2 Å². The highest BCUT2D eigenvalue weighted by Crippen LogP contribution is 2.57. The molecule has 3 heterocycles. The number of rotatable bonds is 3. The molecule has 7 nitrogen and oxygen atoms in total. The van der Waals surface area contributed by atoms with Gasteiger partial charge in [0, 0.05) is 21.8 Å². The third kappa shape index (κ3) is 2.90. The van der Waals surface area contributed by atoms with E-state index >= 15 is 0 Å². The lowest BCUT2D eigenvalue weighted by Crippen LogP contribution is -2.45. The predicted molar refractivity (Wildman–Crippen MR) is 131 cm³/mol. The molecule has 6 rings (SSSR count). The van der Waals surface area contributed by atoms with Crippen molar-refractivity contribution in [2.75, 3.05) is 4.90 Å². The average Bonchev–Trinajstić information content (AvgIpc) is 3.40. The molecule has 4 aromatic rings. The molecular formula is C27H18ClN5O2. The van der Waals surface area contributed by atoms with Crippen molar-refractivity contribution in [1.29, 1.82) is 5.26 Å². The van der Waals surface area contributed by atoms with Crippen LogP contribution >= 0.6 is 11.6 Å². The Labute approximate surface area is 206 Å². The highest BCUT2D eigenvalue weighted by atomic mass is 35.5. The molecule has 0 bridgehead atoms. The maximum absolute atomic E-state index is 14.5. The van der Waals surface area contributed by atoms with E-state index in [2.05, 4.69) is 16.3 Å². The number of carbonyl (C=O) groups is 1. The minimum absolute atomic E-state index is 0.0413. The van der Waals surface area contributed by atoms with Gasteiger partial charge >= 0.3 is 0 Å². The van der Waals surface area contributed by atoms with Crippen molar-refractivity contribution in [3.05, 3.63) is 112 Å². The molecule has 35 heavy (non-hydrogen) atoms. The summed E-state index contributed by atoms with van der Waals surface area (Å²) in [5.41, 5.74) is 8.90. The lowest BCUT2D eigenvalue weighted by atomic mass is 9.68. The van der Waals surface area contributed by atoms with Crippen LogP contribution in [-0.2, 0) is 16.8 Å². The fourth-order valence-corrected chi connectivity index (χ4v) is 5.16. The molecule has 2 aliphatic heterocycles. The number of hydrogen-bond acceptors (Lipinski definition) is 5. The summed E-state index contributed by atoms with van der Waals surface area (Å²) in [4.78, 5) is 16.2. The van der Waals surface area contributed by atoms with Gasteiger partial charge < -0.3 is 15.4 Å². The standard InChI is InChI=1S/C27H18ClN5O2/c28-18-12-10-16(11-13-18)15-33-21-9-5-4-8-19(21)27(26(33)34)20(14-29)24(30)35-25-22(27)23(31-32-25)17-6-2-1-3-7-17/h1-13H,15,30H2,(H,31,32)/t27-/m0/s1. The molecule has 0 unspecified atom stereocenters. The van der Waals surface area contributed by atoms with Crippen molar-refractivity contribution in [3.63, 3.8) is 0 Å². The summed E-state index contributed by atoms with van der Waals surface area (Å²) < 4.78 is 5.76. The van der Waals surface area contributed by atoms with Crippen molar-refractivity contribution in [2.45, 2.75) is 12.0 Å². The Morgan fingerprint density at radius 2 is 1.77 bits per heavy atom. The monoisotopic (exact) mass is 479 g/mol. The Bertz CT molecular complexity index is 1550. The number of fused-ring (bicyclic) bond motifs is 4. The van der Waals surface area contributed by atoms with Gasteiger partial charge in [0.05, 0.1) is 17.8 Å². The van der Waals surface area contributed by atoms with Gasteiger partial charge in [-0.2, -0.15) is 5.26 Å². The summed E-state index contributed by atoms with van der Waals surface area (Å²) in [7, 11) is 0. The van der Waals surface area contributed by atoms with E-state index in [0.29, 0.717) is 34.1 Å². The summed E-state index contributed by atoms with van der Waals surface area (Å²) >= 11 is 6.07. The Balaban J connectivity index is 1.63. The van der Waals surface area contributed by atoms with E-state index in [1.807, 2.05) is 66.7 Å². The molecule has 1 aromatic heterocycles. The number of benzene rings is 3. The molecule has 0 aliphatic carbocycles. The van der Waals surface area contributed by atoms with Gasteiger partial charge in [-0.25, -0.2) is 0 Å². The van der Waals surface area contributed by atoms with Gasteiger partial charge in [0.2, 0.25) is 17.7 Å². The van der Waals surface area contributed by atoms with Crippen LogP contribution in [-0.4, -0.2) is 16.1 Å². The van der Waals surface area contributed by atoms with Gasteiger partial charge in [0.1, 0.15) is 17.1 Å². The molecule has 1 amide bonds. The van der Waals surface area contributed by atoms with Crippen LogP contribution in [0.2, 0.25) is 5.02 Å². The highest BCUT2D eigenvalue weighted by molar-refractivity contribution is 6.30. The van der Waals surface area contributed by atoms with Gasteiger partial charge in [-0.1, -0.05) is 72.3 Å². The van der Waals surface area contributed by atoms with Gasteiger partial charge in [-0.15, -0.1) is 5.10 Å². The van der Waals surface area contributed by atoms with Crippen LogP contribution in [0.25, 0.3) is 11.3 Å². The van der Waals surface area contributed by atoms with E-state index in [1.165, 1.54) is 0 Å². The number of nitrogens with zero attached hydrogens (tertiary/aromatic N) is 3. The molecule has 2 aliphatic rings. The molecule has 8 heteroatoms. The largest absolute Gasteiger partial charge is 0.420 e. The second-order valence-electron chi connectivity index (χ2n) is 8.38. The van der Waals surface area contributed by atoms with Crippen molar-refractivity contribution >= 4 is 23.2 Å². The molecule has 170 valence electrons. The number of anilines is 1. The molecule has 0 radical (unpaired) electrons. The van der Waals surface area contributed by atoms with Crippen LogP contribution < -0.4 is 15.4 Å². The summed E-state index contributed by atoms with van der Waals surface area (Å²) in [5.74, 6) is -0.254. The minimum Gasteiger partial charge on any atom is -0.420 e. The zero-order chi connectivity index (χ0) is 24.2. The van der Waals surface area contributed by atoms with E-state index in [0.717, 1.165) is 11.1 Å². The number of H-pyrrole nitrogens is 1. The summed E-state index contributed by atoms with van der Waals surface area (Å²) in [5, 5.41) is 18.2. The molecule has 0 saturated carbocycles. The average molecular weight is 480 g/mol. The molecule has 3 N–H and O–H groups in total.